The number of nitrogens with zero attached hydrogens (tertiary/aromatic N) is 2. The third-order valence-electron chi connectivity index (χ3n) is 14.8. The van der Waals surface area contributed by atoms with Crippen LogP contribution >= 0.6 is 0 Å². The third kappa shape index (κ3) is 6.81. The SMILES string of the molecule is CC1CC(=O)C2(O)c3c(c(O)c4c(O)c([C@H]5C[C@@H](O)[C@H](O)[C@@H](C)O5)cc5/c(=C6/C=Nc7ccccc76)c(=O)oc3c45)C=CC2(O[C@H]2C[C@H](N(C)C)[C@H](O[C@@H]3C[C@@H](O)[C@@H](O)[C@@H](C)O3)[C@H](C)O2)C1. The Hall–Kier alpha value is -4.63. The minimum absolute atomic E-state index is 0.0329. The lowest BCUT2D eigenvalue weighted by molar-refractivity contribution is -0.325. The Morgan fingerprint density at radius 2 is 1.55 bits per heavy atom. The Kier molecular flexibility index (Phi) is 11.1. The van der Waals surface area contributed by atoms with E-state index in [1.807, 2.05) is 32.0 Å². The lowest BCUT2D eigenvalue weighted by atomic mass is 9.60. The van der Waals surface area contributed by atoms with Crippen LogP contribution in [0.25, 0.3) is 33.4 Å². The molecule has 3 aromatic carbocycles. The van der Waals surface area contributed by atoms with E-state index in [1.165, 1.54) is 24.4 Å². The lowest BCUT2D eigenvalue weighted by Gasteiger charge is -2.54. The second-order valence-corrected chi connectivity index (χ2v) is 19.3. The Bertz CT molecular complexity index is 2780. The molecule has 10 rings (SSSR count). The number of hydrogen-bond donors (Lipinski definition) is 7. The van der Waals surface area contributed by atoms with E-state index < -0.39 is 102 Å². The van der Waals surface area contributed by atoms with Crippen LogP contribution in [0.1, 0.15) is 88.2 Å². The first-order chi connectivity index (χ1) is 31.3. The number of ketones is 1. The first kappa shape index (κ1) is 45.2. The minimum Gasteiger partial charge on any atom is -0.507 e. The second kappa shape index (κ2) is 16.3. The number of carbonyl (C=O) groups excluding carboxylic acids is 1. The van der Waals surface area contributed by atoms with Crippen molar-refractivity contribution in [3.8, 4) is 11.5 Å². The van der Waals surface area contributed by atoms with E-state index >= 15 is 0 Å². The number of aliphatic hydroxyl groups is 5. The molecular formula is C49H56N2O15. The zero-order valence-electron chi connectivity index (χ0n) is 37.5. The molecule has 5 heterocycles. The predicted molar refractivity (Wildman–Crippen MR) is 238 cm³/mol. The van der Waals surface area contributed by atoms with Crippen molar-refractivity contribution >= 4 is 51.1 Å². The number of aliphatic hydroxyl groups excluding tert-OH is 4. The molecule has 17 nitrogen and oxygen atoms in total. The van der Waals surface area contributed by atoms with Crippen molar-refractivity contribution in [2.24, 2.45) is 10.9 Å². The molecule has 1 saturated carbocycles. The van der Waals surface area contributed by atoms with Crippen LogP contribution in [0.5, 0.6) is 11.5 Å². The molecule has 0 amide bonds. The predicted octanol–water partition coefficient (Wildman–Crippen LogP) is 2.84. The van der Waals surface area contributed by atoms with Crippen molar-refractivity contribution in [1.29, 1.82) is 0 Å². The lowest BCUT2D eigenvalue weighted by Crippen LogP contribution is -2.65. The van der Waals surface area contributed by atoms with E-state index in [2.05, 4.69) is 4.99 Å². The number of phenols is 2. The maximum Gasteiger partial charge on any atom is 0.344 e. The molecule has 4 aromatic rings. The number of benzene rings is 3. The van der Waals surface area contributed by atoms with E-state index in [4.69, 9.17) is 28.1 Å². The number of aromatic hydroxyl groups is 2. The van der Waals surface area contributed by atoms with Gasteiger partial charge in [0.15, 0.2) is 24.0 Å². The molecule has 0 spiro atoms. The number of rotatable bonds is 6. The number of para-hydroxylation sites is 1. The number of ether oxygens (including phenoxy) is 5. The van der Waals surface area contributed by atoms with E-state index in [9.17, 15) is 45.3 Å². The van der Waals surface area contributed by atoms with Gasteiger partial charge < -0.3 is 68.7 Å². The molecule has 4 fully saturated rings. The molecule has 17 heteroatoms. The van der Waals surface area contributed by atoms with Crippen LogP contribution < -0.4 is 10.8 Å². The summed E-state index contributed by atoms with van der Waals surface area (Å²) in [5.41, 5.74) is -4.11. The number of fused-ring (bicyclic) bond motifs is 5. The standard InChI is InChI=1S/C49H56N2O15/c1-20-13-34(54)49(60)40-25(11-12-48(49,18-20)66-36-15-30(51(5)6)45(23(4)63-36)64-35-17-32(53)42(56)22(3)62-35)43(57)39-38-27(14-26(44(39)58)33-16-31(52)41(55)21(2)61-33)37(47(59)65-46(38)40)28-19-50-29-10-8-7-9-24(28)29/h7-12,14,19-23,30-33,35-36,41-42,45,52-53,55-58,60H,13,15-18H2,1-6H3/b37-28+/t20?,21-,22-,23+,30+,31-,32-,33-,35-,36+,41-,42+,45-,48?,49?/m1/s1. The van der Waals surface area contributed by atoms with Crippen molar-refractivity contribution in [2.45, 2.75) is 145 Å². The maximum atomic E-state index is 14.8. The first-order valence-corrected chi connectivity index (χ1v) is 22.7. The monoisotopic (exact) mass is 912 g/mol. The van der Waals surface area contributed by atoms with Gasteiger partial charge >= 0.3 is 5.63 Å². The average Bonchev–Trinajstić information content (AvgIpc) is 3.68. The largest absolute Gasteiger partial charge is 0.507 e. The van der Waals surface area contributed by atoms with Gasteiger partial charge in [-0.2, -0.15) is 0 Å². The molecule has 3 unspecified atom stereocenters. The van der Waals surface area contributed by atoms with Gasteiger partial charge in [0.1, 0.15) is 41.0 Å². The Morgan fingerprint density at radius 3 is 2.26 bits per heavy atom. The molecule has 4 aliphatic heterocycles. The van der Waals surface area contributed by atoms with Gasteiger partial charge in [-0.3, -0.25) is 9.79 Å². The van der Waals surface area contributed by atoms with Gasteiger partial charge in [0.05, 0.1) is 52.9 Å². The van der Waals surface area contributed by atoms with Gasteiger partial charge in [-0.15, -0.1) is 0 Å². The van der Waals surface area contributed by atoms with Crippen LogP contribution in [0.2, 0.25) is 0 Å². The second-order valence-electron chi connectivity index (χ2n) is 19.3. The smallest absolute Gasteiger partial charge is 0.344 e. The van der Waals surface area contributed by atoms with Gasteiger partial charge in [0.2, 0.25) is 0 Å². The summed E-state index contributed by atoms with van der Waals surface area (Å²) < 4.78 is 38.2. The molecular weight excluding hydrogens is 857 g/mol. The maximum absolute atomic E-state index is 14.8. The Balaban J connectivity index is 1.14. The number of hydrogen-bond acceptors (Lipinski definition) is 17. The molecule has 2 aliphatic carbocycles. The Morgan fingerprint density at radius 1 is 0.848 bits per heavy atom. The normalized spacial score (nSPS) is 38.5. The fourth-order valence-electron chi connectivity index (χ4n) is 11.4. The summed E-state index contributed by atoms with van der Waals surface area (Å²) in [5.74, 6) is -1.94. The molecule has 0 radical (unpaired) electrons. The highest BCUT2D eigenvalue weighted by Gasteiger charge is 2.64. The van der Waals surface area contributed by atoms with Crippen LogP contribution in [-0.2, 0) is 34.1 Å². The fourth-order valence-corrected chi connectivity index (χ4v) is 11.4. The summed E-state index contributed by atoms with van der Waals surface area (Å²) in [6.07, 6.45) is -5.48. The molecule has 66 heavy (non-hydrogen) atoms. The van der Waals surface area contributed by atoms with Crippen molar-refractivity contribution < 1.29 is 68.6 Å². The summed E-state index contributed by atoms with van der Waals surface area (Å²) in [4.78, 5) is 36.1. The number of aliphatic imine (C=N–C) groups is 1. The quantitative estimate of drug-likeness (QED) is 0.137. The number of phenolic OH excluding ortho intramolecular Hbond substituents is 2. The topological polar surface area (TPSA) is 251 Å². The van der Waals surface area contributed by atoms with Crippen LogP contribution in [0, 0.1) is 5.92 Å². The zero-order chi connectivity index (χ0) is 46.9. The number of carbonyl (C=O) groups is 1. The van der Waals surface area contributed by atoms with E-state index in [-0.39, 0.29) is 87.7 Å². The van der Waals surface area contributed by atoms with Crippen molar-refractivity contribution in [3.63, 3.8) is 0 Å². The average molecular weight is 913 g/mol. The van der Waals surface area contributed by atoms with Crippen LogP contribution in [0.15, 0.2) is 50.6 Å². The van der Waals surface area contributed by atoms with Gasteiger partial charge in [0.25, 0.3) is 0 Å². The highest BCUT2D eigenvalue weighted by atomic mass is 16.7. The summed E-state index contributed by atoms with van der Waals surface area (Å²) in [7, 11) is 3.74. The minimum atomic E-state index is -2.58. The number of Topliss-reactive ketones (excluding diaryl/α,β-unsaturated/α-hetero) is 1. The molecule has 3 saturated heterocycles. The zero-order valence-corrected chi connectivity index (χ0v) is 37.5. The number of likely N-dealkylation sites (N-methyl/N-ethyl adjacent to an activating group) is 1. The van der Waals surface area contributed by atoms with E-state index in [0.29, 0.717) is 16.8 Å². The molecule has 1 aromatic heterocycles. The van der Waals surface area contributed by atoms with Crippen LogP contribution in [0.4, 0.5) is 5.69 Å². The van der Waals surface area contributed by atoms with E-state index in [1.54, 1.807) is 39.0 Å². The van der Waals surface area contributed by atoms with Gasteiger partial charge in [-0.25, -0.2) is 4.79 Å². The molecule has 15 atom stereocenters. The van der Waals surface area contributed by atoms with Gasteiger partial charge in [-0.1, -0.05) is 31.2 Å². The van der Waals surface area contributed by atoms with Crippen LogP contribution in [-0.4, -0.2) is 140 Å². The highest BCUT2D eigenvalue weighted by molar-refractivity contribution is 6.22. The summed E-state index contributed by atoms with van der Waals surface area (Å²) in [5, 5.41) is 80.5. The molecule has 0 bridgehead atoms. The highest BCUT2D eigenvalue weighted by Crippen LogP contribution is 2.58. The van der Waals surface area contributed by atoms with Gasteiger partial charge in [0, 0.05) is 76.5 Å². The van der Waals surface area contributed by atoms with E-state index in [0.717, 1.165) is 0 Å². The third-order valence-corrected chi connectivity index (χ3v) is 14.8. The summed E-state index contributed by atoms with van der Waals surface area (Å²) in [6, 6.07) is 8.35. The summed E-state index contributed by atoms with van der Waals surface area (Å²) in [6.45, 7) is 6.91. The van der Waals surface area contributed by atoms with Crippen molar-refractivity contribution in [2.75, 3.05) is 14.1 Å². The Labute approximate surface area is 379 Å². The van der Waals surface area contributed by atoms with Crippen LogP contribution in [0.3, 0.4) is 0 Å². The fraction of sp³-hybridized carbons (Fsp3) is 0.531. The van der Waals surface area contributed by atoms with Crippen molar-refractivity contribution in [1.82, 2.24) is 4.90 Å². The summed E-state index contributed by atoms with van der Waals surface area (Å²) >= 11 is 0. The molecule has 6 aliphatic rings. The van der Waals surface area contributed by atoms with Gasteiger partial charge in [-0.05, 0) is 65.4 Å². The first-order valence-electron chi connectivity index (χ1n) is 22.7. The molecule has 7 N–H and O–H groups in total. The van der Waals surface area contributed by atoms with Crippen molar-refractivity contribution in [3.05, 3.63) is 74.3 Å². The molecule has 352 valence electrons.